The zero-order valence-corrected chi connectivity index (χ0v) is 64.7. The van der Waals surface area contributed by atoms with E-state index in [0.29, 0.717) is 0 Å². The topological polar surface area (TPSA) is 19.7 Å². The van der Waals surface area contributed by atoms with E-state index in [-0.39, 0.29) is 0 Å². The van der Waals surface area contributed by atoms with Crippen molar-refractivity contribution in [1.29, 1.82) is 0 Å². The van der Waals surface area contributed by atoms with Gasteiger partial charge in [0.05, 0.1) is 44.1 Å². The first kappa shape index (κ1) is 69.1. The van der Waals surface area contributed by atoms with Crippen LogP contribution in [0.1, 0.15) is 0 Å². The molecule has 23 rings (SSSR count). The number of para-hydroxylation sites is 4. The molecular formula is C114H76N4. The van der Waals surface area contributed by atoms with E-state index in [1.807, 2.05) is 0 Å². The van der Waals surface area contributed by atoms with Crippen molar-refractivity contribution in [3.8, 4) is 123 Å². The molecule has 4 nitrogen and oxygen atoms in total. The van der Waals surface area contributed by atoms with E-state index in [1.165, 1.54) is 187 Å². The van der Waals surface area contributed by atoms with Crippen LogP contribution in [0.3, 0.4) is 0 Å². The lowest BCUT2D eigenvalue weighted by Crippen LogP contribution is -1.95. The molecule has 0 saturated heterocycles. The Hall–Kier alpha value is -15.6. The maximum absolute atomic E-state index is 2.43. The van der Waals surface area contributed by atoms with Gasteiger partial charge in [-0.05, 0) is 221 Å². The van der Waals surface area contributed by atoms with E-state index in [4.69, 9.17) is 0 Å². The molecule has 0 spiro atoms. The fraction of sp³-hybridized carbons (Fsp3) is 0. The highest BCUT2D eigenvalue weighted by molar-refractivity contribution is 6.15. The van der Waals surface area contributed by atoms with Gasteiger partial charge in [0.15, 0.2) is 0 Å². The van der Waals surface area contributed by atoms with Crippen LogP contribution in [0, 0.1) is 0 Å². The molecule has 0 atom stereocenters. The van der Waals surface area contributed by atoms with Gasteiger partial charge in [-0.2, -0.15) is 0 Å². The normalized spacial score (nSPS) is 11.6. The van der Waals surface area contributed by atoms with Gasteiger partial charge in [-0.25, -0.2) is 0 Å². The van der Waals surface area contributed by atoms with Gasteiger partial charge in [-0.1, -0.05) is 340 Å². The minimum atomic E-state index is 1.13. The molecule has 118 heavy (non-hydrogen) atoms. The number of hydrogen-bond acceptors (Lipinski definition) is 0. The number of rotatable bonds is 13. The average molecular weight is 1500 g/mol. The molecule has 19 aromatic carbocycles. The maximum atomic E-state index is 2.43. The molecule has 0 saturated carbocycles. The maximum Gasteiger partial charge on any atom is 0.0547 e. The molecule has 0 aliphatic heterocycles. The molecule has 0 amide bonds. The molecule has 0 unspecified atom stereocenters. The molecule has 0 aliphatic rings. The Morgan fingerprint density at radius 2 is 0.280 bits per heavy atom. The second-order valence-electron chi connectivity index (χ2n) is 30.7. The van der Waals surface area contributed by atoms with Crippen LogP contribution in [0.2, 0.25) is 0 Å². The molecule has 0 aliphatic carbocycles. The summed E-state index contributed by atoms with van der Waals surface area (Å²) in [6.45, 7) is 0. The molecule has 0 bridgehead atoms. The monoisotopic (exact) mass is 1500 g/mol. The van der Waals surface area contributed by atoms with Gasteiger partial charge >= 0.3 is 0 Å². The molecule has 23 aromatic rings. The van der Waals surface area contributed by atoms with Crippen molar-refractivity contribution in [2.75, 3.05) is 0 Å². The van der Waals surface area contributed by atoms with Gasteiger partial charge in [0.1, 0.15) is 0 Å². The Balaban J connectivity index is 0.000000143. The summed E-state index contributed by atoms with van der Waals surface area (Å²) in [6.07, 6.45) is 0. The van der Waals surface area contributed by atoms with E-state index in [9.17, 15) is 0 Å². The molecule has 4 heterocycles. The van der Waals surface area contributed by atoms with Crippen LogP contribution in [0.4, 0.5) is 0 Å². The number of benzene rings is 19. The van der Waals surface area contributed by atoms with Crippen LogP contribution in [-0.4, -0.2) is 18.3 Å². The lowest BCUT2D eigenvalue weighted by Gasteiger charge is -2.13. The summed E-state index contributed by atoms with van der Waals surface area (Å²) < 4.78 is 9.70. The average Bonchev–Trinajstić information content (AvgIpc) is 1.59. The number of fused-ring (bicyclic) bond motifs is 12. The van der Waals surface area contributed by atoms with Gasteiger partial charge in [0.2, 0.25) is 0 Å². The predicted octanol–water partition coefficient (Wildman–Crippen LogP) is 30.8. The first-order valence-corrected chi connectivity index (χ1v) is 40.6. The first-order valence-electron chi connectivity index (χ1n) is 40.6. The third kappa shape index (κ3) is 12.4. The van der Waals surface area contributed by atoms with Crippen molar-refractivity contribution in [2.45, 2.75) is 0 Å². The second-order valence-corrected chi connectivity index (χ2v) is 30.7. The summed E-state index contributed by atoms with van der Waals surface area (Å²) in [7, 11) is 0. The van der Waals surface area contributed by atoms with E-state index < -0.39 is 0 Å². The quantitative estimate of drug-likeness (QED) is 0.110. The van der Waals surface area contributed by atoms with Crippen LogP contribution in [0.15, 0.2) is 461 Å². The lowest BCUT2D eigenvalue weighted by molar-refractivity contribution is 1.18. The summed E-state index contributed by atoms with van der Waals surface area (Å²) in [5, 5.41) is 9.99. The Kier molecular flexibility index (Phi) is 17.2. The van der Waals surface area contributed by atoms with E-state index in [2.05, 4.69) is 479 Å². The predicted molar refractivity (Wildman–Crippen MR) is 499 cm³/mol. The van der Waals surface area contributed by atoms with Crippen molar-refractivity contribution in [1.82, 2.24) is 18.3 Å². The van der Waals surface area contributed by atoms with E-state index >= 15 is 0 Å². The Morgan fingerprint density at radius 1 is 0.0932 bits per heavy atom. The van der Waals surface area contributed by atoms with E-state index in [0.717, 1.165) is 22.7 Å². The molecule has 0 N–H and O–H groups in total. The Labute approximate surface area is 684 Å². The van der Waals surface area contributed by atoms with Crippen LogP contribution in [-0.2, 0) is 0 Å². The summed E-state index contributed by atoms with van der Waals surface area (Å²) in [5.41, 5.74) is 35.8. The zero-order valence-electron chi connectivity index (χ0n) is 64.7. The Morgan fingerprint density at radius 3 is 0.576 bits per heavy atom. The largest absolute Gasteiger partial charge is 0.309 e. The molecule has 4 aromatic heterocycles. The zero-order chi connectivity index (χ0) is 78.0. The fourth-order valence-corrected chi connectivity index (χ4v) is 18.1. The third-order valence-corrected chi connectivity index (χ3v) is 23.8. The third-order valence-electron chi connectivity index (χ3n) is 23.8. The highest BCUT2D eigenvalue weighted by Gasteiger charge is 2.21. The minimum absolute atomic E-state index is 1.13. The summed E-state index contributed by atoms with van der Waals surface area (Å²) in [5.74, 6) is 0. The smallest absolute Gasteiger partial charge is 0.0547 e. The van der Waals surface area contributed by atoms with Gasteiger partial charge in [-0.15, -0.1) is 0 Å². The molecule has 4 heteroatoms. The van der Waals surface area contributed by atoms with Gasteiger partial charge < -0.3 is 18.3 Å². The molecule has 0 radical (unpaired) electrons. The van der Waals surface area contributed by atoms with Crippen LogP contribution >= 0.6 is 0 Å². The van der Waals surface area contributed by atoms with Crippen molar-refractivity contribution >= 4 is 87.2 Å². The van der Waals surface area contributed by atoms with Crippen molar-refractivity contribution < 1.29 is 0 Å². The van der Waals surface area contributed by atoms with Crippen molar-refractivity contribution in [3.05, 3.63) is 461 Å². The SMILES string of the molecule is c1ccc(-c2cc(-c3ccccc3)cc(-c3ccc(-n4c5ccccc5c5ccc(-c6ccc7c8ccccc8n(-c8cccc(-c9ccccc9)c8)c7c6)cc54)cc3)c2)cc1.c1ccc(-c2cccc(-c3ccc(-n4c5ccccc5c5ccc(-c6ccc7c8ccccc8n(-c8cccc(-c9ccccc9)c8)c7c6)cc54)cc3)c2)cc1. The highest BCUT2D eigenvalue weighted by atomic mass is 15.0. The van der Waals surface area contributed by atoms with E-state index in [1.54, 1.807) is 0 Å². The molecule has 552 valence electrons. The fourth-order valence-electron chi connectivity index (χ4n) is 18.1. The molecule has 0 fully saturated rings. The highest BCUT2D eigenvalue weighted by Crippen LogP contribution is 2.44. The second kappa shape index (κ2) is 29.4. The minimum Gasteiger partial charge on any atom is -0.309 e. The summed E-state index contributed by atoms with van der Waals surface area (Å²) in [4.78, 5) is 0. The first-order chi connectivity index (χ1) is 58.5. The van der Waals surface area contributed by atoms with Crippen molar-refractivity contribution in [2.24, 2.45) is 0 Å². The molecular weight excluding hydrogens is 1430 g/mol. The Bertz CT molecular complexity index is 7680. The van der Waals surface area contributed by atoms with Gasteiger partial charge in [0, 0.05) is 65.8 Å². The summed E-state index contributed by atoms with van der Waals surface area (Å²) in [6, 6.07) is 168. The van der Waals surface area contributed by atoms with Crippen LogP contribution in [0.5, 0.6) is 0 Å². The lowest BCUT2D eigenvalue weighted by atomic mass is 9.93. The standard InChI is InChI=1S/C60H40N2.C54H36N2/c1-4-15-41(16-5-1)45-21-14-22-52(38-45)62-58-26-13-11-24-54(58)56-34-30-47(40-60(56)62)46-29-33-55-53-23-10-12-25-57(53)61(59(55)39-46)51-31-27-44(28-32-51)50-36-48(42-17-6-2-7-18-42)35-49(37-50)43-19-8-3-9-20-43;1-3-13-37(14-4-1)40-17-11-18-41(33-40)39-25-29-45(30-26-39)55-51-23-9-7-21-47(51)49-31-27-43(35-53(49)55)44-28-32-50-48-22-8-10-24-52(48)56(54(50)36-44)46-20-12-19-42(34-46)38-15-5-2-6-16-38/h1-40H;1-36H. The number of nitrogens with zero attached hydrogens (tertiary/aromatic N) is 4. The van der Waals surface area contributed by atoms with Gasteiger partial charge in [0.25, 0.3) is 0 Å². The van der Waals surface area contributed by atoms with Crippen LogP contribution in [0.25, 0.3) is 210 Å². The van der Waals surface area contributed by atoms with Gasteiger partial charge in [-0.3, -0.25) is 0 Å². The van der Waals surface area contributed by atoms with Crippen molar-refractivity contribution in [3.63, 3.8) is 0 Å². The summed E-state index contributed by atoms with van der Waals surface area (Å²) >= 11 is 0. The number of aromatic nitrogens is 4. The van der Waals surface area contributed by atoms with Crippen LogP contribution < -0.4 is 0 Å². The number of hydrogen-bond donors (Lipinski definition) is 0.